The lowest BCUT2D eigenvalue weighted by Gasteiger charge is -2.09. The van der Waals surface area contributed by atoms with Crippen molar-refractivity contribution in [2.24, 2.45) is 5.92 Å². The molecule has 1 aromatic heterocycles. The van der Waals surface area contributed by atoms with E-state index in [9.17, 15) is 5.11 Å². The molecule has 1 atom stereocenters. The standard InChI is InChI=1S/C13H13NO/c15-13(9-3-4-9)11-5-6-12-10(8-11)2-1-7-14-12/h1-2,5-9,13,15H,3-4H2. The number of rotatable bonds is 2. The van der Waals surface area contributed by atoms with Gasteiger partial charge in [0.05, 0.1) is 11.6 Å². The highest BCUT2D eigenvalue weighted by atomic mass is 16.3. The molecule has 1 saturated carbocycles. The minimum Gasteiger partial charge on any atom is -0.388 e. The van der Waals surface area contributed by atoms with E-state index in [0.717, 1.165) is 29.3 Å². The molecule has 1 N–H and O–H groups in total. The fourth-order valence-electron chi connectivity index (χ4n) is 1.96. The van der Waals surface area contributed by atoms with Gasteiger partial charge >= 0.3 is 0 Å². The van der Waals surface area contributed by atoms with Crippen LogP contribution in [0.5, 0.6) is 0 Å². The molecule has 0 aliphatic heterocycles. The van der Waals surface area contributed by atoms with Crippen LogP contribution in [0.2, 0.25) is 0 Å². The van der Waals surface area contributed by atoms with Gasteiger partial charge in [0, 0.05) is 11.6 Å². The monoisotopic (exact) mass is 199 g/mol. The number of nitrogens with zero attached hydrogens (tertiary/aromatic N) is 1. The second-order valence-corrected chi connectivity index (χ2v) is 4.24. The summed E-state index contributed by atoms with van der Waals surface area (Å²) in [7, 11) is 0. The van der Waals surface area contributed by atoms with Crippen LogP contribution >= 0.6 is 0 Å². The Balaban J connectivity index is 2.05. The maximum absolute atomic E-state index is 10.00. The maximum Gasteiger partial charge on any atom is 0.0818 e. The number of hydrogen-bond donors (Lipinski definition) is 1. The van der Waals surface area contributed by atoms with Gasteiger partial charge in [-0.3, -0.25) is 4.98 Å². The molecular formula is C13H13NO. The smallest absolute Gasteiger partial charge is 0.0818 e. The van der Waals surface area contributed by atoms with Gasteiger partial charge in [-0.15, -0.1) is 0 Å². The van der Waals surface area contributed by atoms with E-state index in [1.54, 1.807) is 6.20 Å². The van der Waals surface area contributed by atoms with Crippen molar-refractivity contribution in [2.75, 3.05) is 0 Å². The zero-order chi connectivity index (χ0) is 10.3. The van der Waals surface area contributed by atoms with E-state index in [2.05, 4.69) is 4.98 Å². The Bertz CT molecular complexity index is 491. The van der Waals surface area contributed by atoms with E-state index in [4.69, 9.17) is 0 Å². The van der Waals surface area contributed by atoms with Crippen LogP contribution in [-0.4, -0.2) is 10.1 Å². The number of benzene rings is 1. The first-order chi connectivity index (χ1) is 7.34. The first-order valence-electron chi connectivity index (χ1n) is 5.37. The van der Waals surface area contributed by atoms with E-state index in [-0.39, 0.29) is 6.10 Å². The van der Waals surface area contributed by atoms with Crippen LogP contribution in [0.25, 0.3) is 10.9 Å². The number of hydrogen-bond acceptors (Lipinski definition) is 2. The molecule has 76 valence electrons. The van der Waals surface area contributed by atoms with Crippen molar-refractivity contribution < 1.29 is 5.11 Å². The Kier molecular flexibility index (Phi) is 1.96. The van der Waals surface area contributed by atoms with E-state index in [1.807, 2.05) is 30.3 Å². The molecule has 1 aliphatic carbocycles. The Morgan fingerprint density at radius 1 is 1.27 bits per heavy atom. The fraction of sp³-hybridized carbons (Fsp3) is 0.308. The predicted octanol–water partition coefficient (Wildman–Crippen LogP) is 2.68. The van der Waals surface area contributed by atoms with Crippen LogP contribution in [-0.2, 0) is 0 Å². The van der Waals surface area contributed by atoms with Crippen LogP contribution in [0.1, 0.15) is 24.5 Å². The van der Waals surface area contributed by atoms with Crippen LogP contribution in [0.4, 0.5) is 0 Å². The first kappa shape index (κ1) is 8.86. The van der Waals surface area contributed by atoms with E-state index >= 15 is 0 Å². The summed E-state index contributed by atoms with van der Waals surface area (Å²) < 4.78 is 0. The second kappa shape index (κ2) is 3.31. The lowest BCUT2D eigenvalue weighted by molar-refractivity contribution is 0.154. The molecule has 1 heterocycles. The van der Waals surface area contributed by atoms with Crippen molar-refractivity contribution in [3.05, 3.63) is 42.1 Å². The first-order valence-corrected chi connectivity index (χ1v) is 5.37. The third kappa shape index (κ3) is 1.61. The molecule has 2 nitrogen and oxygen atoms in total. The largest absolute Gasteiger partial charge is 0.388 e. The fourth-order valence-corrected chi connectivity index (χ4v) is 1.96. The molecule has 1 unspecified atom stereocenters. The average molecular weight is 199 g/mol. The lowest BCUT2D eigenvalue weighted by atomic mass is 10.0. The number of aliphatic hydroxyl groups is 1. The molecule has 1 aliphatic rings. The van der Waals surface area contributed by atoms with Crippen LogP contribution in [0.3, 0.4) is 0 Å². The molecule has 0 saturated heterocycles. The van der Waals surface area contributed by atoms with E-state index < -0.39 is 0 Å². The topological polar surface area (TPSA) is 33.1 Å². The van der Waals surface area contributed by atoms with Crippen molar-refractivity contribution in [1.29, 1.82) is 0 Å². The number of aliphatic hydroxyl groups excluding tert-OH is 1. The molecule has 15 heavy (non-hydrogen) atoms. The Hall–Kier alpha value is -1.41. The highest BCUT2D eigenvalue weighted by molar-refractivity contribution is 5.79. The molecule has 0 radical (unpaired) electrons. The third-order valence-corrected chi connectivity index (χ3v) is 3.04. The van der Waals surface area contributed by atoms with Gasteiger partial charge in [-0.25, -0.2) is 0 Å². The summed E-state index contributed by atoms with van der Waals surface area (Å²) in [4.78, 5) is 4.26. The molecule has 1 aromatic carbocycles. The SMILES string of the molecule is OC(c1ccc2ncccc2c1)C1CC1. The predicted molar refractivity (Wildman–Crippen MR) is 59.4 cm³/mol. The lowest BCUT2D eigenvalue weighted by Crippen LogP contribution is -1.99. The molecule has 0 bridgehead atoms. The average Bonchev–Trinajstić information content (AvgIpc) is 3.11. The molecule has 2 aromatic rings. The highest BCUT2D eigenvalue weighted by Gasteiger charge is 2.30. The summed E-state index contributed by atoms with van der Waals surface area (Å²) in [6.45, 7) is 0. The Labute approximate surface area is 88.6 Å². The second-order valence-electron chi connectivity index (χ2n) is 4.24. The van der Waals surface area contributed by atoms with Gasteiger partial charge in [0.2, 0.25) is 0 Å². The minimum absolute atomic E-state index is 0.283. The summed E-state index contributed by atoms with van der Waals surface area (Å²) in [5, 5.41) is 11.1. The van der Waals surface area contributed by atoms with Crippen molar-refractivity contribution >= 4 is 10.9 Å². The number of pyridine rings is 1. The van der Waals surface area contributed by atoms with Gasteiger partial charge in [0.25, 0.3) is 0 Å². The Morgan fingerprint density at radius 3 is 2.93 bits per heavy atom. The zero-order valence-corrected chi connectivity index (χ0v) is 8.43. The molecule has 0 spiro atoms. The van der Waals surface area contributed by atoms with Gasteiger partial charge in [-0.2, -0.15) is 0 Å². The van der Waals surface area contributed by atoms with Crippen molar-refractivity contribution in [2.45, 2.75) is 18.9 Å². The Morgan fingerprint density at radius 2 is 2.13 bits per heavy atom. The van der Waals surface area contributed by atoms with Crippen LogP contribution in [0.15, 0.2) is 36.5 Å². The van der Waals surface area contributed by atoms with Gasteiger partial charge in [-0.05, 0) is 42.5 Å². The minimum atomic E-state index is -0.283. The summed E-state index contributed by atoms with van der Waals surface area (Å²) in [6, 6.07) is 9.97. The van der Waals surface area contributed by atoms with Gasteiger partial charge in [-0.1, -0.05) is 12.1 Å². The molecule has 1 fully saturated rings. The normalized spacial score (nSPS) is 17.9. The molecule has 3 rings (SSSR count). The quantitative estimate of drug-likeness (QED) is 0.806. The number of fused-ring (bicyclic) bond motifs is 1. The summed E-state index contributed by atoms with van der Waals surface area (Å²) >= 11 is 0. The van der Waals surface area contributed by atoms with Crippen molar-refractivity contribution in [1.82, 2.24) is 4.98 Å². The molecule has 2 heteroatoms. The zero-order valence-electron chi connectivity index (χ0n) is 8.43. The van der Waals surface area contributed by atoms with Gasteiger partial charge in [0.15, 0.2) is 0 Å². The summed E-state index contributed by atoms with van der Waals surface area (Å²) in [6.07, 6.45) is 3.83. The summed E-state index contributed by atoms with van der Waals surface area (Å²) in [5.41, 5.74) is 2.02. The van der Waals surface area contributed by atoms with Gasteiger partial charge in [0.1, 0.15) is 0 Å². The van der Waals surface area contributed by atoms with Gasteiger partial charge < -0.3 is 5.11 Å². The highest BCUT2D eigenvalue weighted by Crippen LogP contribution is 2.41. The molecular weight excluding hydrogens is 186 g/mol. The van der Waals surface area contributed by atoms with Crippen LogP contribution in [0, 0.1) is 5.92 Å². The third-order valence-electron chi connectivity index (χ3n) is 3.04. The van der Waals surface area contributed by atoms with Crippen LogP contribution < -0.4 is 0 Å². The number of aromatic nitrogens is 1. The van der Waals surface area contributed by atoms with Crippen molar-refractivity contribution in [3.8, 4) is 0 Å². The maximum atomic E-state index is 10.00. The van der Waals surface area contributed by atoms with E-state index in [0.29, 0.717) is 5.92 Å². The summed E-state index contributed by atoms with van der Waals surface area (Å²) in [5.74, 6) is 0.485. The molecule has 0 amide bonds. The van der Waals surface area contributed by atoms with Crippen molar-refractivity contribution in [3.63, 3.8) is 0 Å². The van der Waals surface area contributed by atoms with E-state index in [1.165, 1.54) is 0 Å².